The fourth-order valence-corrected chi connectivity index (χ4v) is 10.1. The first-order chi connectivity index (χ1) is 26.1. The van der Waals surface area contributed by atoms with E-state index in [2.05, 4.69) is 190 Å². The molecule has 8 aromatic carbocycles. The Hall–Kier alpha value is -6.24. The molecule has 0 nitrogen and oxygen atoms in total. The topological polar surface area (TPSA) is 0 Å². The summed E-state index contributed by atoms with van der Waals surface area (Å²) in [5.74, 6) is 0.599. The van der Waals surface area contributed by atoms with Gasteiger partial charge in [0.05, 0.1) is 0 Å². The van der Waals surface area contributed by atoms with Gasteiger partial charge in [-0.3, -0.25) is 0 Å². The van der Waals surface area contributed by atoms with Crippen molar-refractivity contribution < 1.29 is 0 Å². The Kier molecular flexibility index (Phi) is 6.67. The third-order valence-corrected chi connectivity index (χ3v) is 12.4. The molecule has 0 aliphatic heterocycles. The quantitative estimate of drug-likeness (QED) is 0.174. The van der Waals surface area contributed by atoms with Crippen molar-refractivity contribution in [2.24, 2.45) is 0 Å². The molecule has 0 heteroatoms. The smallest absolute Gasteiger partial charge is 0.0358 e. The van der Waals surface area contributed by atoms with Gasteiger partial charge in [0, 0.05) is 17.8 Å². The Morgan fingerprint density at radius 3 is 1.43 bits per heavy atom. The molecule has 11 rings (SSSR count). The lowest BCUT2D eigenvalue weighted by Gasteiger charge is -2.22. The molecule has 0 spiro atoms. The van der Waals surface area contributed by atoms with E-state index in [1.54, 1.807) is 0 Å². The lowest BCUT2D eigenvalue weighted by atomic mass is 9.81. The first-order valence-corrected chi connectivity index (χ1v) is 18.9. The van der Waals surface area contributed by atoms with E-state index in [1.165, 1.54) is 106 Å². The molecule has 3 aliphatic carbocycles. The Morgan fingerprint density at radius 2 is 0.792 bits per heavy atom. The van der Waals surface area contributed by atoms with Crippen LogP contribution in [0, 0.1) is 13.8 Å². The van der Waals surface area contributed by atoms with Crippen molar-refractivity contribution in [3.05, 3.63) is 237 Å². The van der Waals surface area contributed by atoms with Gasteiger partial charge in [-0.05, 0) is 114 Å². The van der Waals surface area contributed by atoms with Gasteiger partial charge in [0.25, 0.3) is 0 Å². The van der Waals surface area contributed by atoms with E-state index in [0.717, 1.165) is 0 Å². The lowest BCUT2D eigenvalue weighted by molar-refractivity contribution is 0.978. The highest BCUT2D eigenvalue weighted by atomic mass is 14.4. The van der Waals surface area contributed by atoms with Crippen molar-refractivity contribution in [1.29, 1.82) is 0 Å². The van der Waals surface area contributed by atoms with Crippen LogP contribution in [0.2, 0.25) is 0 Å². The molecular weight excluding hydrogens is 637 g/mol. The normalized spacial score (nSPS) is 16.0. The van der Waals surface area contributed by atoms with Crippen LogP contribution < -0.4 is 0 Å². The van der Waals surface area contributed by atoms with Crippen LogP contribution in [-0.2, 0) is 0 Å². The average Bonchev–Trinajstić information content (AvgIpc) is 3.84. The summed E-state index contributed by atoms with van der Waals surface area (Å²) in [4.78, 5) is 0. The van der Waals surface area contributed by atoms with E-state index in [1.807, 2.05) is 0 Å². The molecule has 2 unspecified atom stereocenters. The van der Waals surface area contributed by atoms with Crippen molar-refractivity contribution in [3.8, 4) is 44.5 Å². The van der Waals surface area contributed by atoms with Crippen LogP contribution in [0.15, 0.2) is 176 Å². The minimum absolute atomic E-state index is 0.138. The maximum Gasteiger partial charge on any atom is 0.0358 e. The molecule has 53 heavy (non-hydrogen) atoms. The summed E-state index contributed by atoms with van der Waals surface area (Å²) in [7, 11) is 0. The number of fused-ring (bicyclic) bond motifs is 9. The van der Waals surface area contributed by atoms with Gasteiger partial charge >= 0.3 is 0 Å². The van der Waals surface area contributed by atoms with Crippen molar-refractivity contribution in [1.82, 2.24) is 0 Å². The summed E-state index contributed by atoms with van der Waals surface area (Å²) >= 11 is 0. The highest BCUT2D eigenvalue weighted by molar-refractivity contribution is 5.86. The molecule has 3 aliphatic rings. The van der Waals surface area contributed by atoms with Crippen LogP contribution in [0.4, 0.5) is 0 Å². The maximum atomic E-state index is 2.54. The summed E-state index contributed by atoms with van der Waals surface area (Å²) in [5.41, 5.74) is 25.9. The van der Waals surface area contributed by atoms with Gasteiger partial charge in [0.15, 0.2) is 0 Å². The van der Waals surface area contributed by atoms with E-state index in [0.29, 0.717) is 0 Å². The van der Waals surface area contributed by atoms with Gasteiger partial charge in [-0.15, -0.1) is 0 Å². The summed E-state index contributed by atoms with van der Waals surface area (Å²) in [6.07, 6.45) is 0. The summed E-state index contributed by atoms with van der Waals surface area (Å²) in [5, 5.41) is 0. The van der Waals surface area contributed by atoms with E-state index in [-0.39, 0.29) is 17.8 Å². The first-order valence-electron chi connectivity index (χ1n) is 18.9. The first kappa shape index (κ1) is 30.4. The van der Waals surface area contributed by atoms with Crippen LogP contribution in [0.3, 0.4) is 0 Å². The lowest BCUT2D eigenvalue weighted by Crippen LogP contribution is -2.05. The molecule has 0 N–H and O–H groups in total. The van der Waals surface area contributed by atoms with Gasteiger partial charge < -0.3 is 0 Å². The zero-order valence-corrected chi connectivity index (χ0v) is 30.0. The van der Waals surface area contributed by atoms with E-state index < -0.39 is 0 Å². The highest BCUT2D eigenvalue weighted by Crippen LogP contribution is 2.54. The van der Waals surface area contributed by atoms with E-state index >= 15 is 0 Å². The second kappa shape index (κ2) is 11.6. The second-order valence-corrected chi connectivity index (χ2v) is 15.2. The maximum absolute atomic E-state index is 2.54. The van der Waals surface area contributed by atoms with Crippen LogP contribution in [0.25, 0.3) is 44.5 Å². The summed E-state index contributed by atoms with van der Waals surface area (Å²) < 4.78 is 0. The van der Waals surface area contributed by atoms with Crippen molar-refractivity contribution in [3.63, 3.8) is 0 Å². The Morgan fingerprint density at radius 1 is 0.302 bits per heavy atom. The van der Waals surface area contributed by atoms with Gasteiger partial charge in [0.2, 0.25) is 0 Å². The third kappa shape index (κ3) is 4.49. The van der Waals surface area contributed by atoms with Crippen LogP contribution in [0.5, 0.6) is 0 Å². The molecule has 8 aromatic rings. The number of benzene rings is 8. The third-order valence-electron chi connectivity index (χ3n) is 12.4. The molecule has 0 fully saturated rings. The summed E-state index contributed by atoms with van der Waals surface area (Å²) in [6.45, 7) is 4.48. The molecule has 2 atom stereocenters. The van der Waals surface area contributed by atoms with Crippen molar-refractivity contribution in [2.45, 2.75) is 31.6 Å². The van der Waals surface area contributed by atoms with Crippen molar-refractivity contribution >= 4 is 0 Å². The van der Waals surface area contributed by atoms with Gasteiger partial charge in [-0.2, -0.15) is 0 Å². The van der Waals surface area contributed by atoms with Crippen LogP contribution in [0.1, 0.15) is 79.0 Å². The minimum Gasteiger partial charge on any atom is -0.0619 e. The Balaban J connectivity index is 1.04. The molecule has 0 saturated carbocycles. The molecule has 0 bridgehead atoms. The standard InChI is InChI=1S/C53H38/c1-32-22-28-47(48(30-32)34-23-25-35(26-24-34)52-45-19-9-6-16-40(45)42-21-11-12-33(2)50(42)52)53-46-20-10-5-15-39(46)41-29-27-36(31-49(41)53)51-43-17-7-3-13-37(43)38-14-4-8-18-44(38)51/h3-31,51-53H,1-2H3. The molecule has 0 radical (unpaired) electrons. The number of rotatable bonds is 4. The minimum atomic E-state index is 0.138. The molecule has 0 heterocycles. The van der Waals surface area contributed by atoms with Crippen LogP contribution >= 0.6 is 0 Å². The van der Waals surface area contributed by atoms with Crippen molar-refractivity contribution in [2.75, 3.05) is 0 Å². The number of aryl methyl sites for hydroxylation is 2. The fraction of sp³-hybridized carbons (Fsp3) is 0.0943. The predicted octanol–water partition coefficient (Wildman–Crippen LogP) is 13.5. The molecular formula is C53H38. The van der Waals surface area contributed by atoms with Gasteiger partial charge in [0.1, 0.15) is 0 Å². The van der Waals surface area contributed by atoms with Gasteiger partial charge in [-0.25, -0.2) is 0 Å². The Labute approximate surface area is 312 Å². The summed E-state index contributed by atoms with van der Waals surface area (Å²) in [6, 6.07) is 66.7. The Bertz CT molecular complexity index is 2720. The van der Waals surface area contributed by atoms with Crippen LogP contribution in [-0.4, -0.2) is 0 Å². The fourth-order valence-electron chi connectivity index (χ4n) is 10.1. The monoisotopic (exact) mass is 674 g/mol. The highest BCUT2D eigenvalue weighted by Gasteiger charge is 2.35. The average molecular weight is 675 g/mol. The van der Waals surface area contributed by atoms with Gasteiger partial charge in [-0.1, -0.05) is 181 Å². The van der Waals surface area contributed by atoms with E-state index in [4.69, 9.17) is 0 Å². The molecule has 0 aromatic heterocycles. The second-order valence-electron chi connectivity index (χ2n) is 15.2. The number of hydrogen-bond acceptors (Lipinski definition) is 0. The zero-order chi connectivity index (χ0) is 35.2. The molecule has 250 valence electrons. The number of hydrogen-bond donors (Lipinski definition) is 0. The van der Waals surface area contributed by atoms with E-state index in [9.17, 15) is 0 Å². The SMILES string of the molecule is Cc1ccc(C2c3ccccc3-c3ccc(C4c5ccccc5-c5ccccc54)cc32)c(-c2ccc(C3c4ccccc4-c4cccc(C)c43)cc2)c1. The molecule has 0 amide bonds. The molecule has 0 saturated heterocycles. The predicted molar refractivity (Wildman–Crippen MR) is 220 cm³/mol. The zero-order valence-electron chi connectivity index (χ0n) is 30.0. The largest absolute Gasteiger partial charge is 0.0619 e.